The molecule has 1 rings (SSSR count). The zero-order chi connectivity index (χ0) is 9.52. The summed E-state index contributed by atoms with van der Waals surface area (Å²) in [5.41, 5.74) is 5.62. The van der Waals surface area contributed by atoms with Crippen molar-refractivity contribution in [2.75, 3.05) is 31.6 Å². The van der Waals surface area contributed by atoms with Gasteiger partial charge < -0.3 is 5.73 Å². The van der Waals surface area contributed by atoms with Crippen molar-refractivity contribution in [3.05, 3.63) is 0 Å². The summed E-state index contributed by atoms with van der Waals surface area (Å²) in [4.78, 5) is 2.59. The van der Waals surface area contributed by atoms with Crippen LogP contribution in [0.3, 0.4) is 0 Å². The Labute approximate surface area is 86.2 Å². The smallest absolute Gasteiger partial charge is 0.0108 e. The van der Waals surface area contributed by atoms with Crippen LogP contribution in [0.4, 0.5) is 0 Å². The number of nitrogens with two attached hydrogens (primary N) is 1. The molecule has 13 heavy (non-hydrogen) atoms. The van der Waals surface area contributed by atoms with Crippen LogP contribution in [0.2, 0.25) is 0 Å². The Morgan fingerprint density at radius 3 is 2.54 bits per heavy atom. The lowest BCUT2D eigenvalue weighted by Gasteiger charge is -2.27. The Bertz CT molecular complexity index is 124. The molecule has 1 aliphatic rings. The zero-order valence-electron chi connectivity index (χ0n) is 8.67. The Balaban J connectivity index is 2.26. The van der Waals surface area contributed by atoms with Crippen molar-refractivity contribution in [1.82, 2.24) is 4.90 Å². The third kappa shape index (κ3) is 3.88. The lowest BCUT2D eigenvalue weighted by molar-refractivity contribution is 0.217. The monoisotopic (exact) mass is 202 g/mol. The first-order valence-electron chi connectivity index (χ1n) is 5.31. The van der Waals surface area contributed by atoms with Gasteiger partial charge in [0.2, 0.25) is 0 Å². The number of thioether (sulfide) groups is 1. The van der Waals surface area contributed by atoms with E-state index in [1.54, 1.807) is 0 Å². The minimum Gasteiger partial charge on any atom is -0.329 e. The largest absolute Gasteiger partial charge is 0.329 e. The van der Waals surface area contributed by atoms with Gasteiger partial charge in [0, 0.05) is 31.4 Å². The second kappa shape index (κ2) is 6.68. The van der Waals surface area contributed by atoms with Gasteiger partial charge in [0.05, 0.1) is 0 Å². The van der Waals surface area contributed by atoms with Gasteiger partial charge in [-0.05, 0) is 19.1 Å². The highest BCUT2D eigenvalue weighted by atomic mass is 32.2. The third-order valence-electron chi connectivity index (χ3n) is 2.84. The van der Waals surface area contributed by atoms with Crippen LogP contribution in [0.15, 0.2) is 0 Å². The minimum absolute atomic E-state index is 0.810. The summed E-state index contributed by atoms with van der Waals surface area (Å²) >= 11 is 1.93. The molecule has 0 spiro atoms. The van der Waals surface area contributed by atoms with Crippen LogP contribution in [0.1, 0.15) is 25.7 Å². The van der Waals surface area contributed by atoms with Gasteiger partial charge in [-0.3, -0.25) is 4.90 Å². The van der Waals surface area contributed by atoms with E-state index in [2.05, 4.69) is 11.2 Å². The molecule has 2 nitrogen and oxygen atoms in total. The van der Waals surface area contributed by atoms with Crippen LogP contribution >= 0.6 is 11.8 Å². The molecule has 0 unspecified atom stereocenters. The first-order valence-corrected chi connectivity index (χ1v) is 6.71. The zero-order valence-corrected chi connectivity index (χ0v) is 9.48. The van der Waals surface area contributed by atoms with Crippen molar-refractivity contribution in [1.29, 1.82) is 0 Å². The molecule has 1 fully saturated rings. The molecule has 0 radical (unpaired) electrons. The third-order valence-corrected chi connectivity index (χ3v) is 3.43. The summed E-state index contributed by atoms with van der Waals surface area (Å²) in [7, 11) is 0. The standard InChI is InChI=1S/C10H22N2S/c1-13-9-8-12(7-6-11)10-4-2-3-5-10/h10H,2-9,11H2,1H3. The molecule has 0 aliphatic heterocycles. The molecule has 0 bridgehead atoms. The molecule has 0 heterocycles. The van der Waals surface area contributed by atoms with Crippen LogP contribution in [0.5, 0.6) is 0 Å². The van der Waals surface area contributed by atoms with E-state index in [1.165, 1.54) is 38.0 Å². The maximum Gasteiger partial charge on any atom is 0.0108 e. The highest BCUT2D eigenvalue weighted by Crippen LogP contribution is 2.23. The van der Waals surface area contributed by atoms with Gasteiger partial charge in [-0.15, -0.1) is 0 Å². The van der Waals surface area contributed by atoms with E-state index in [9.17, 15) is 0 Å². The first kappa shape index (κ1) is 11.3. The molecule has 0 atom stereocenters. The van der Waals surface area contributed by atoms with Crippen molar-refractivity contribution >= 4 is 11.8 Å². The fourth-order valence-electron chi connectivity index (χ4n) is 2.12. The van der Waals surface area contributed by atoms with Gasteiger partial charge in [-0.1, -0.05) is 12.8 Å². The molecular formula is C10H22N2S. The normalized spacial score (nSPS) is 18.7. The molecule has 0 aromatic carbocycles. The second-order valence-electron chi connectivity index (χ2n) is 3.76. The van der Waals surface area contributed by atoms with Crippen molar-refractivity contribution in [2.45, 2.75) is 31.7 Å². The molecule has 78 valence electrons. The molecule has 1 saturated carbocycles. The molecule has 3 heteroatoms. The summed E-state index contributed by atoms with van der Waals surface area (Å²) in [5, 5.41) is 0. The number of hydrogen-bond donors (Lipinski definition) is 1. The highest BCUT2D eigenvalue weighted by molar-refractivity contribution is 7.98. The molecule has 0 aromatic rings. The average Bonchev–Trinajstić information content (AvgIpc) is 2.65. The van der Waals surface area contributed by atoms with E-state index in [-0.39, 0.29) is 0 Å². The maximum absolute atomic E-state index is 5.62. The van der Waals surface area contributed by atoms with Gasteiger partial charge in [0.15, 0.2) is 0 Å². The first-order chi connectivity index (χ1) is 6.38. The predicted molar refractivity (Wildman–Crippen MR) is 61.3 cm³/mol. The molecular weight excluding hydrogens is 180 g/mol. The molecule has 0 aromatic heterocycles. The van der Waals surface area contributed by atoms with E-state index in [1.807, 2.05) is 11.8 Å². The van der Waals surface area contributed by atoms with Crippen LogP contribution in [0.25, 0.3) is 0 Å². The van der Waals surface area contributed by atoms with Crippen molar-refractivity contribution in [2.24, 2.45) is 5.73 Å². The van der Waals surface area contributed by atoms with Crippen LogP contribution < -0.4 is 5.73 Å². The van der Waals surface area contributed by atoms with Gasteiger partial charge in [-0.25, -0.2) is 0 Å². The van der Waals surface area contributed by atoms with Gasteiger partial charge in [0.1, 0.15) is 0 Å². The lowest BCUT2D eigenvalue weighted by atomic mass is 10.2. The summed E-state index contributed by atoms with van der Waals surface area (Å²) < 4.78 is 0. The van der Waals surface area contributed by atoms with E-state index >= 15 is 0 Å². The summed E-state index contributed by atoms with van der Waals surface area (Å²) in [6, 6.07) is 0.843. The van der Waals surface area contributed by atoms with Gasteiger partial charge in [0.25, 0.3) is 0 Å². The van der Waals surface area contributed by atoms with E-state index in [4.69, 9.17) is 5.73 Å². The van der Waals surface area contributed by atoms with Crippen molar-refractivity contribution in [3.8, 4) is 0 Å². The Morgan fingerprint density at radius 1 is 1.31 bits per heavy atom. The van der Waals surface area contributed by atoms with Crippen LogP contribution in [-0.2, 0) is 0 Å². The Kier molecular flexibility index (Phi) is 5.83. The Morgan fingerprint density at radius 2 is 2.00 bits per heavy atom. The number of hydrogen-bond acceptors (Lipinski definition) is 3. The lowest BCUT2D eigenvalue weighted by Crippen LogP contribution is -2.38. The predicted octanol–water partition coefficient (Wildman–Crippen LogP) is 1.55. The summed E-state index contributed by atoms with van der Waals surface area (Å²) in [6.45, 7) is 3.12. The van der Waals surface area contributed by atoms with Crippen LogP contribution in [0, 0.1) is 0 Å². The van der Waals surface area contributed by atoms with Crippen molar-refractivity contribution in [3.63, 3.8) is 0 Å². The van der Waals surface area contributed by atoms with E-state index < -0.39 is 0 Å². The van der Waals surface area contributed by atoms with Gasteiger partial charge in [-0.2, -0.15) is 11.8 Å². The summed E-state index contributed by atoms with van der Waals surface area (Å²) in [5.74, 6) is 1.25. The highest BCUT2D eigenvalue weighted by Gasteiger charge is 2.21. The fourth-order valence-corrected chi connectivity index (χ4v) is 2.54. The Hall–Kier alpha value is 0.270. The molecule has 0 saturated heterocycles. The minimum atomic E-state index is 0.810. The molecule has 1 aliphatic carbocycles. The fraction of sp³-hybridized carbons (Fsp3) is 1.00. The van der Waals surface area contributed by atoms with Gasteiger partial charge >= 0.3 is 0 Å². The number of rotatable bonds is 6. The van der Waals surface area contributed by atoms with Crippen molar-refractivity contribution < 1.29 is 0 Å². The van der Waals surface area contributed by atoms with E-state index in [0.717, 1.165) is 19.1 Å². The topological polar surface area (TPSA) is 29.3 Å². The summed E-state index contributed by atoms with van der Waals surface area (Å²) in [6.07, 6.45) is 7.81. The van der Waals surface area contributed by atoms with Crippen LogP contribution in [-0.4, -0.2) is 42.6 Å². The number of nitrogens with zero attached hydrogens (tertiary/aromatic N) is 1. The SMILES string of the molecule is CSCCN(CCN)C1CCCC1. The second-order valence-corrected chi connectivity index (χ2v) is 4.74. The molecule has 0 amide bonds. The maximum atomic E-state index is 5.62. The average molecular weight is 202 g/mol. The molecule has 2 N–H and O–H groups in total. The quantitative estimate of drug-likeness (QED) is 0.708. The van der Waals surface area contributed by atoms with E-state index in [0.29, 0.717) is 0 Å².